The molecule has 2 heteroatoms. The van der Waals surface area contributed by atoms with Gasteiger partial charge in [-0.25, -0.2) is 0 Å². The second-order valence-electron chi connectivity index (χ2n) is 6.75. The van der Waals surface area contributed by atoms with Crippen LogP contribution in [-0.2, 0) is 9.47 Å². The maximum Gasteiger partial charge on any atom is 0.175 e. The summed E-state index contributed by atoms with van der Waals surface area (Å²) in [6.45, 7) is 0. The van der Waals surface area contributed by atoms with Gasteiger partial charge in [0.25, 0.3) is 0 Å². The monoisotopic (exact) mass is 320 g/mol. The Balaban J connectivity index is 1.82. The minimum Gasteiger partial charge on any atom is -0.353 e. The molecule has 2 aromatic carbocycles. The zero-order valence-corrected chi connectivity index (χ0v) is 14.2. The van der Waals surface area contributed by atoms with Crippen LogP contribution in [0.5, 0.6) is 0 Å². The molecule has 2 nitrogen and oxygen atoms in total. The molecule has 3 atom stereocenters. The van der Waals surface area contributed by atoms with Gasteiger partial charge in [0.2, 0.25) is 0 Å². The molecular formula is C22H24O2. The van der Waals surface area contributed by atoms with Crippen LogP contribution in [0.4, 0.5) is 0 Å². The van der Waals surface area contributed by atoms with Crippen molar-refractivity contribution in [3.63, 3.8) is 0 Å². The van der Waals surface area contributed by atoms with E-state index in [4.69, 9.17) is 9.47 Å². The Morgan fingerprint density at radius 1 is 0.958 bits per heavy atom. The van der Waals surface area contributed by atoms with Crippen molar-refractivity contribution in [3.8, 4) is 0 Å². The van der Waals surface area contributed by atoms with Crippen molar-refractivity contribution in [3.05, 3.63) is 77.9 Å². The predicted octanol–water partition coefficient (Wildman–Crippen LogP) is 5.37. The molecule has 1 saturated carbocycles. The summed E-state index contributed by atoms with van der Waals surface area (Å²) in [6.07, 6.45) is 6.72. The molecule has 0 N–H and O–H groups in total. The number of hydrogen-bond acceptors (Lipinski definition) is 2. The van der Waals surface area contributed by atoms with E-state index in [0.29, 0.717) is 5.92 Å². The third-order valence-electron chi connectivity index (χ3n) is 5.41. The lowest BCUT2D eigenvalue weighted by Crippen LogP contribution is -2.48. The fraction of sp³-hybridized carbons (Fsp3) is 0.364. The van der Waals surface area contributed by atoms with Gasteiger partial charge >= 0.3 is 0 Å². The van der Waals surface area contributed by atoms with E-state index < -0.39 is 5.79 Å². The average Bonchev–Trinajstić information content (AvgIpc) is 2.68. The molecule has 0 radical (unpaired) electrons. The van der Waals surface area contributed by atoms with Crippen LogP contribution in [0.25, 0.3) is 5.57 Å². The number of hydrogen-bond donors (Lipinski definition) is 0. The first-order chi connectivity index (χ1) is 11.8. The summed E-state index contributed by atoms with van der Waals surface area (Å²) in [5.74, 6) is -0.197. The molecule has 2 aromatic rings. The molecule has 0 spiro atoms. The number of methoxy groups -OCH3 is 1. The summed E-state index contributed by atoms with van der Waals surface area (Å²) >= 11 is 0. The standard InChI is InChI=1S/C22H24O2/c1-23-22-15-9-8-14-20(22)19(17-10-4-2-5-11-17)16-21(24-22)18-12-6-3-7-13-18/h2-7,10-13,16,20-21H,8-9,14-15H2,1H3. The van der Waals surface area contributed by atoms with E-state index >= 15 is 0 Å². The Morgan fingerprint density at radius 3 is 2.38 bits per heavy atom. The molecular weight excluding hydrogens is 296 g/mol. The minimum absolute atomic E-state index is 0.0595. The van der Waals surface area contributed by atoms with Crippen molar-refractivity contribution in [2.45, 2.75) is 37.6 Å². The number of ether oxygens (including phenoxy) is 2. The van der Waals surface area contributed by atoms with Crippen LogP contribution < -0.4 is 0 Å². The van der Waals surface area contributed by atoms with E-state index in [1.165, 1.54) is 23.1 Å². The summed E-state index contributed by atoms with van der Waals surface area (Å²) in [5.41, 5.74) is 3.85. The summed E-state index contributed by atoms with van der Waals surface area (Å²) in [7, 11) is 1.80. The Morgan fingerprint density at radius 2 is 1.67 bits per heavy atom. The molecule has 0 amide bonds. The van der Waals surface area contributed by atoms with Crippen LogP contribution in [-0.4, -0.2) is 12.9 Å². The zero-order valence-electron chi connectivity index (χ0n) is 14.2. The van der Waals surface area contributed by atoms with Gasteiger partial charge in [0.05, 0.1) is 0 Å². The van der Waals surface area contributed by atoms with E-state index in [0.717, 1.165) is 19.3 Å². The molecule has 0 saturated heterocycles. The highest BCUT2D eigenvalue weighted by Gasteiger charge is 2.48. The summed E-state index contributed by atoms with van der Waals surface area (Å²) < 4.78 is 12.6. The Labute approximate surface area is 144 Å². The largest absolute Gasteiger partial charge is 0.353 e. The van der Waals surface area contributed by atoms with E-state index in [2.05, 4.69) is 60.7 Å². The molecule has 0 bridgehead atoms. The van der Waals surface area contributed by atoms with E-state index in [9.17, 15) is 0 Å². The number of rotatable bonds is 3. The maximum absolute atomic E-state index is 6.57. The van der Waals surface area contributed by atoms with Gasteiger partial charge in [0.1, 0.15) is 6.10 Å². The molecule has 4 rings (SSSR count). The lowest BCUT2D eigenvalue weighted by atomic mass is 9.73. The van der Waals surface area contributed by atoms with Crippen molar-refractivity contribution in [1.29, 1.82) is 0 Å². The van der Waals surface area contributed by atoms with Crippen LogP contribution >= 0.6 is 0 Å². The van der Waals surface area contributed by atoms with Gasteiger partial charge in [-0.1, -0.05) is 67.1 Å². The zero-order chi connectivity index (χ0) is 16.4. The Bertz CT molecular complexity index is 707. The van der Waals surface area contributed by atoms with Crippen molar-refractivity contribution in [2.75, 3.05) is 7.11 Å². The predicted molar refractivity (Wildman–Crippen MR) is 96.4 cm³/mol. The molecule has 1 heterocycles. The van der Waals surface area contributed by atoms with Gasteiger partial charge in [-0.15, -0.1) is 0 Å². The molecule has 124 valence electrons. The quantitative estimate of drug-likeness (QED) is 0.756. The van der Waals surface area contributed by atoms with E-state index in [-0.39, 0.29) is 6.10 Å². The van der Waals surface area contributed by atoms with Gasteiger partial charge in [0.15, 0.2) is 5.79 Å². The van der Waals surface area contributed by atoms with E-state index in [1.54, 1.807) is 7.11 Å². The second kappa shape index (κ2) is 6.54. The minimum atomic E-state index is -0.501. The van der Waals surface area contributed by atoms with Crippen LogP contribution in [0.1, 0.15) is 42.9 Å². The first-order valence-electron chi connectivity index (χ1n) is 8.87. The fourth-order valence-corrected chi connectivity index (χ4v) is 4.20. The summed E-state index contributed by atoms with van der Waals surface area (Å²) in [5, 5.41) is 0. The number of benzene rings is 2. The molecule has 24 heavy (non-hydrogen) atoms. The topological polar surface area (TPSA) is 18.5 Å². The smallest absolute Gasteiger partial charge is 0.175 e. The molecule has 2 aliphatic rings. The van der Waals surface area contributed by atoms with Gasteiger partial charge in [-0.05, 0) is 35.6 Å². The van der Waals surface area contributed by atoms with Crippen LogP contribution in [0.3, 0.4) is 0 Å². The highest BCUT2D eigenvalue weighted by molar-refractivity contribution is 5.70. The van der Waals surface area contributed by atoms with Gasteiger partial charge in [-0.3, -0.25) is 0 Å². The molecule has 1 fully saturated rings. The third kappa shape index (κ3) is 2.70. The first-order valence-corrected chi connectivity index (χ1v) is 8.87. The van der Waals surface area contributed by atoms with Gasteiger partial charge in [-0.2, -0.15) is 0 Å². The van der Waals surface area contributed by atoms with Crippen molar-refractivity contribution >= 4 is 5.57 Å². The lowest BCUT2D eigenvalue weighted by molar-refractivity contribution is -0.276. The fourth-order valence-electron chi connectivity index (χ4n) is 4.20. The van der Waals surface area contributed by atoms with Crippen LogP contribution in [0, 0.1) is 5.92 Å². The average molecular weight is 320 g/mol. The normalized spacial score (nSPS) is 29.6. The van der Waals surface area contributed by atoms with Crippen LogP contribution in [0.15, 0.2) is 66.7 Å². The number of fused-ring (bicyclic) bond motifs is 1. The highest BCUT2D eigenvalue weighted by Crippen LogP contribution is 2.51. The molecule has 1 aliphatic heterocycles. The van der Waals surface area contributed by atoms with Crippen LogP contribution in [0.2, 0.25) is 0 Å². The second-order valence-corrected chi connectivity index (χ2v) is 6.75. The highest BCUT2D eigenvalue weighted by atomic mass is 16.7. The SMILES string of the molecule is COC12CCCCC1C(c1ccccc1)=CC(c1ccccc1)O2. The third-order valence-corrected chi connectivity index (χ3v) is 5.41. The maximum atomic E-state index is 6.57. The van der Waals surface area contributed by atoms with Crippen molar-refractivity contribution in [2.24, 2.45) is 5.92 Å². The van der Waals surface area contributed by atoms with E-state index in [1.807, 2.05) is 6.07 Å². The molecule has 1 aliphatic carbocycles. The van der Waals surface area contributed by atoms with Gasteiger partial charge < -0.3 is 9.47 Å². The Kier molecular flexibility index (Phi) is 4.26. The first kappa shape index (κ1) is 15.6. The summed E-state index contributed by atoms with van der Waals surface area (Å²) in [4.78, 5) is 0. The van der Waals surface area contributed by atoms with Gasteiger partial charge in [0, 0.05) is 19.4 Å². The van der Waals surface area contributed by atoms with Crippen molar-refractivity contribution < 1.29 is 9.47 Å². The van der Waals surface area contributed by atoms with Crippen molar-refractivity contribution in [1.82, 2.24) is 0 Å². The Hall–Kier alpha value is -1.90. The molecule has 0 aromatic heterocycles. The summed E-state index contributed by atoms with van der Waals surface area (Å²) in [6, 6.07) is 21.2. The lowest BCUT2D eigenvalue weighted by Gasteiger charge is -2.48. The molecule has 3 unspecified atom stereocenters.